The van der Waals surface area contributed by atoms with E-state index in [0.717, 1.165) is 64.5 Å². The van der Waals surface area contributed by atoms with Gasteiger partial charge in [-0.05, 0) is 48.9 Å². The van der Waals surface area contributed by atoms with Crippen LogP contribution in [0, 0.1) is 5.92 Å². The zero-order valence-corrected chi connectivity index (χ0v) is 25.7. The molecule has 4 aromatic rings. The molecule has 2 amide bonds. The van der Waals surface area contributed by atoms with E-state index >= 15 is 0 Å². The number of carbonyl (C=O) groups is 2. The van der Waals surface area contributed by atoms with Crippen LogP contribution in [0.2, 0.25) is 0 Å². The number of aromatic nitrogens is 4. The van der Waals surface area contributed by atoms with E-state index in [1.807, 2.05) is 31.9 Å². The third-order valence-corrected chi connectivity index (χ3v) is 7.84. The van der Waals surface area contributed by atoms with Gasteiger partial charge < -0.3 is 25.1 Å². The fraction of sp³-hybridized carbons (Fsp3) is 0.364. The zero-order chi connectivity index (χ0) is 31.2. The Balaban J connectivity index is 1.23. The number of nitrogens with zero attached hydrogens (tertiary/aromatic N) is 4. The van der Waals surface area contributed by atoms with Crippen LogP contribution < -0.4 is 5.32 Å². The van der Waals surface area contributed by atoms with Crippen molar-refractivity contribution < 1.29 is 19.4 Å². The molecular formula is C33H39N7O4. The molecular weight excluding hydrogens is 558 g/mol. The molecule has 0 saturated carbocycles. The minimum absolute atomic E-state index is 0.00248. The van der Waals surface area contributed by atoms with Crippen LogP contribution in [0.3, 0.4) is 0 Å². The van der Waals surface area contributed by atoms with Gasteiger partial charge in [-0.25, -0.2) is 15.0 Å². The molecule has 0 unspecified atom stereocenters. The number of rotatable bonds is 11. The Morgan fingerprint density at radius 1 is 0.932 bits per heavy atom. The Bertz CT molecular complexity index is 1590. The average molecular weight is 598 g/mol. The van der Waals surface area contributed by atoms with E-state index in [-0.39, 0.29) is 29.8 Å². The number of benzene rings is 2. The minimum Gasteiger partial charge on any atom is -0.346 e. The predicted molar refractivity (Wildman–Crippen MR) is 168 cm³/mol. The molecule has 1 aliphatic heterocycles. The molecule has 0 bridgehead atoms. The number of H-pyrrole nitrogens is 2. The second-order valence-electron chi connectivity index (χ2n) is 11.3. The zero-order valence-electron chi connectivity index (χ0n) is 25.7. The van der Waals surface area contributed by atoms with Gasteiger partial charge in [0, 0.05) is 12.5 Å². The number of hydrogen-bond donors (Lipinski definition) is 3. The number of aliphatic imine (C=N–C) groups is 1. The van der Waals surface area contributed by atoms with E-state index in [1.165, 1.54) is 7.11 Å². The molecule has 11 heteroatoms. The number of imidazole rings is 2. The van der Waals surface area contributed by atoms with Crippen molar-refractivity contribution in [1.29, 1.82) is 0 Å². The topological polar surface area (TPSA) is 138 Å². The van der Waals surface area contributed by atoms with E-state index in [4.69, 9.17) is 0 Å². The Morgan fingerprint density at radius 2 is 1.52 bits per heavy atom. The lowest BCUT2D eigenvalue weighted by atomic mass is 10.0. The fourth-order valence-electron chi connectivity index (χ4n) is 5.27. The number of carbonyl (C=O) groups excluding carboxylic acids is 2. The van der Waals surface area contributed by atoms with Gasteiger partial charge in [0.25, 0.3) is 0 Å². The Kier molecular flexibility index (Phi) is 9.54. The Labute approximate surface area is 257 Å². The molecule has 1 aliphatic rings. The molecule has 11 nitrogen and oxygen atoms in total. The molecule has 0 aliphatic carbocycles. The molecule has 0 radical (unpaired) electrons. The summed E-state index contributed by atoms with van der Waals surface area (Å²) in [5, 5.41) is 2.97. The molecule has 3 atom stereocenters. The Morgan fingerprint density at radius 3 is 2.14 bits per heavy atom. The number of aromatic amines is 2. The van der Waals surface area contributed by atoms with Crippen LogP contribution in [0.25, 0.3) is 33.6 Å². The normalized spacial score (nSPS) is 16.4. The first kappa shape index (κ1) is 30.7. The summed E-state index contributed by atoms with van der Waals surface area (Å²) in [5.41, 5.74) is 6.01. The van der Waals surface area contributed by atoms with Crippen molar-refractivity contribution in [3.05, 3.63) is 72.6 Å². The van der Waals surface area contributed by atoms with Crippen molar-refractivity contribution in [2.24, 2.45) is 10.9 Å². The van der Waals surface area contributed by atoms with Crippen molar-refractivity contribution in [2.45, 2.75) is 58.7 Å². The molecule has 3 N–H and O–H groups in total. The standard InChI is InChI=1S/C33H39N7O4/c1-20(2)32(41)37-21(3)30-34-17-27(38-30)25-12-8-23(9-13-25)24-10-14-26(15-11-24)28-18-35-31(39-28)29-7-6-16-40(29)33(42)22(4)36-19-44-43-5/h8-15,17-22,29H,6-7,16H2,1-5H3,(H,34,38)(H,35,39)(H,37,41)/t21-,22+,29+/m1/s1. The summed E-state index contributed by atoms with van der Waals surface area (Å²) in [6, 6.07) is 15.7. The SMILES string of the molecule is COOC=N[C@@H](C)C(=O)N1CCC[C@H]1c1ncc(-c2ccc(-c3ccc(-c4cnc([C@@H](C)NC(=O)C(C)C)[nH]4)cc3)cc2)[nH]1. The van der Waals surface area contributed by atoms with Gasteiger partial charge in [0.05, 0.1) is 43.0 Å². The number of hydrogen-bond acceptors (Lipinski definition) is 7. The molecule has 44 heavy (non-hydrogen) atoms. The number of likely N-dealkylation sites (tertiary alicyclic amines) is 1. The number of amides is 2. The van der Waals surface area contributed by atoms with Crippen molar-refractivity contribution in [3.8, 4) is 33.6 Å². The Hall–Kier alpha value is -4.77. The molecule has 1 saturated heterocycles. The lowest BCUT2D eigenvalue weighted by Crippen LogP contribution is -2.37. The fourth-order valence-corrected chi connectivity index (χ4v) is 5.27. The van der Waals surface area contributed by atoms with Crippen molar-refractivity contribution in [1.82, 2.24) is 30.2 Å². The predicted octanol–water partition coefficient (Wildman–Crippen LogP) is 5.63. The van der Waals surface area contributed by atoms with Gasteiger partial charge in [0.15, 0.2) is 0 Å². The first-order valence-corrected chi connectivity index (χ1v) is 14.9. The maximum absolute atomic E-state index is 13.0. The van der Waals surface area contributed by atoms with E-state index in [0.29, 0.717) is 6.54 Å². The summed E-state index contributed by atoms with van der Waals surface area (Å²) in [7, 11) is 1.38. The molecule has 0 spiro atoms. The average Bonchev–Trinajstić information content (AvgIpc) is 3.82. The van der Waals surface area contributed by atoms with Crippen LogP contribution in [0.4, 0.5) is 0 Å². The number of nitrogens with one attached hydrogen (secondary N) is 3. The summed E-state index contributed by atoms with van der Waals surface area (Å²) in [6.45, 7) is 8.06. The van der Waals surface area contributed by atoms with Crippen molar-refractivity contribution >= 4 is 18.2 Å². The van der Waals surface area contributed by atoms with Crippen LogP contribution in [0.5, 0.6) is 0 Å². The highest BCUT2D eigenvalue weighted by molar-refractivity contribution is 5.83. The highest BCUT2D eigenvalue weighted by atomic mass is 17.2. The van der Waals surface area contributed by atoms with Crippen LogP contribution in [0.15, 0.2) is 65.9 Å². The van der Waals surface area contributed by atoms with Gasteiger partial charge in [-0.3, -0.25) is 9.59 Å². The maximum atomic E-state index is 13.0. The van der Waals surface area contributed by atoms with Crippen LogP contribution >= 0.6 is 0 Å². The quantitative estimate of drug-likeness (QED) is 0.0888. The summed E-state index contributed by atoms with van der Waals surface area (Å²) in [5.74, 6) is 1.34. The highest BCUT2D eigenvalue weighted by Crippen LogP contribution is 2.33. The lowest BCUT2D eigenvalue weighted by molar-refractivity contribution is -0.188. The van der Waals surface area contributed by atoms with Gasteiger partial charge in [-0.1, -0.05) is 62.4 Å². The van der Waals surface area contributed by atoms with Gasteiger partial charge in [0.1, 0.15) is 17.7 Å². The van der Waals surface area contributed by atoms with Crippen LogP contribution in [0.1, 0.15) is 64.3 Å². The summed E-state index contributed by atoms with van der Waals surface area (Å²) in [6.07, 6.45) is 6.50. The first-order chi connectivity index (χ1) is 21.2. The minimum atomic E-state index is -0.578. The van der Waals surface area contributed by atoms with E-state index in [1.54, 1.807) is 13.1 Å². The molecule has 3 heterocycles. The summed E-state index contributed by atoms with van der Waals surface area (Å²) in [4.78, 5) is 56.0. The van der Waals surface area contributed by atoms with E-state index in [9.17, 15) is 9.59 Å². The second kappa shape index (κ2) is 13.7. The van der Waals surface area contributed by atoms with Crippen molar-refractivity contribution in [2.75, 3.05) is 13.7 Å². The molecule has 5 rings (SSSR count). The molecule has 1 fully saturated rings. The smallest absolute Gasteiger partial charge is 0.247 e. The first-order valence-electron chi connectivity index (χ1n) is 14.9. The summed E-state index contributed by atoms with van der Waals surface area (Å²) < 4.78 is 0. The largest absolute Gasteiger partial charge is 0.346 e. The van der Waals surface area contributed by atoms with Gasteiger partial charge in [-0.15, -0.1) is 0 Å². The maximum Gasteiger partial charge on any atom is 0.247 e. The monoisotopic (exact) mass is 597 g/mol. The lowest BCUT2D eigenvalue weighted by Gasteiger charge is -2.24. The third kappa shape index (κ3) is 6.89. The van der Waals surface area contributed by atoms with E-state index in [2.05, 4.69) is 88.6 Å². The van der Waals surface area contributed by atoms with Gasteiger partial charge >= 0.3 is 0 Å². The van der Waals surface area contributed by atoms with Gasteiger partial charge in [0.2, 0.25) is 18.2 Å². The van der Waals surface area contributed by atoms with E-state index < -0.39 is 6.04 Å². The molecule has 230 valence electrons. The van der Waals surface area contributed by atoms with Crippen LogP contribution in [-0.2, 0) is 19.4 Å². The third-order valence-electron chi connectivity index (χ3n) is 7.84. The van der Waals surface area contributed by atoms with Crippen LogP contribution in [-0.4, -0.2) is 62.7 Å². The summed E-state index contributed by atoms with van der Waals surface area (Å²) >= 11 is 0. The highest BCUT2D eigenvalue weighted by Gasteiger charge is 2.34. The second-order valence-corrected chi connectivity index (χ2v) is 11.3. The molecule has 2 aromatic carbocycles. The van der Waals surface area contributed by atoms with Gasteiger partial charge in [-0.2, -0.15) is 4.89 Å². The van der Waals surface area contributed by atoms with Crippen molar-refractivity contribution in [3.63, 3.8) is 0 Å². The molecule has 2 aromatic heterocycles.